The average molecular weight is 385 g/mol. The second-order valence-electron chi connectivity index (χ2n) is 6.28. The van der Waals surface area contributed by atoms with Crippen LogP contribution in [0.2, 0.25) is 0 Å². The molecule has 1 aliphatic heterocycles. The Balaban J connectivity index is 1.64. The van der Waals surface area contributed by atoms with Crippen molar-refractivity contribution in [2.75, 3.05) is 39.7 Å². The summed E-state index contributed by atoms with van der Waals surface area (Å²) in [4.78, 5) is 26.2. The lowest BCUT2D eigenvalue weighted by Gasteiger charge is -2.14. The number of methoxy groups -OCH3 is 2. The number of benzene rings is 2. The van der Waals surface area contributed by atoms with Crippen LogP contribution in [0.15, 0.2) is 36.4 Å². The zero-order valence-electron chi connectivity index (χ0n) is 16.1. The van der Waals surface area contributed by atoms with Gasteiger partial charge in [0, 0.05) is 19.3 Å². The smallest absolute Gasteiger partial charge is 0.319 e. The van der Waals surface area contributed by atoms with Crippen molar-refractivity contribution in [3.05, 3.63) is 47.5 Å². The van der Waals surface area contributed by atoms with Crippen LogP contribution in [-0.4, -0.2) is 51.3 Å². The molecule has 28 heavy (non-hydrogen) atoms. The Kier molecular flexibility index (Phi) is 5.88. The number of rotatable bonds is 5. The highest BCUT2D eigenvalue weighted by atomic mass is 16.5. The summed E-state index contributed by atoms with van der Waals surface area (Å²) >= 11 is 0. The van der Waals surface area contributed by atoms with Gasteiger partial charge in [-0.15, -0.1) is 0 Å². The first kappa shape index (κ1) is 19.3. The van der Waals surface area contributed by atoms with Crippen LogP contribution in [0.25, 0.3) is 0 Å². The number of nitrogens with one attached hydrogen (secondary N) is 2. The van der Waals surface area contributed by atoms with Crippen LogP contribution in [0, 0.1) is 0 Å². The summed E-state index contributed by atoms with van der Waals surface area (Å²) in [7, 11) is 4.84. The molecular weight excluding hydrogens is 362 g/mol. The van der Waals surface area contributed by atoms with Gasteiger partial charge in [-0.1, -0.05) is 6.07 Å². The van der Waals surface area contributed by atoms with E-state index in [1.54, 1.807) is 56.5 Å². The quantitative estimate of drug-likeness (QED) is 0.826. The fourth-order valence-corrected chi connectivity index (χ4v) is 2.85. The molecule has 0 aliphatic carbocycles. The summed E-state index contributed by atoms with van der Waals surface area (Å²) < 4.78 is 16.0. The van der Waals surface area contributed by atoms with Crippen LogP contribution >= 0.6 is 0 Å². The van der Waals surface area contributed by atoms with Gasteiger partial charge >= 0.3 is 6.03 Å². The van der Waals surface area contributed by atoms with Crippen molar-refractivity contribution < 1.29 is 23.8 Å². The first-order valence-electron chi connectivity index (χ1n) is 8.80. The molecule has 0 atom stereocenters. The number of fused-ring (bicyclic) bond motifs is 1. The van der Waals surface area contributed by atoms with E-state index in [0.717, 1.165) is 5.56 Å². The van der Waals surface area contributed by atoms with Crippen molar-refractivity contribution in [2.45, 2.75) is 6.54 Å². The highest BCUT2D eigenvalue weighted by Gasteiger charge is 2.21. The van der Waals surface area contributed by atoms with Crippen LogP contribution in [0.3, 0.4) is 0 Å². The average Bonchev–Trinajstić information content (AvgIpc) is 2.85. The number of urea groups is 1. The van der Waals surface area contributed by atoms with Crippen molar-refractivity contribution in [1.29, 1.82) is 0 Å². The second-order valence-corrected chi connectivity index (χ2v) is 6.28. The van der Waals surface area contributed by atoms with E-state index >= 15 is 0 Å². The standard InChI is InChI=1S/C20H23N3O5/c1-23-8-9-28-16-7-5-14(11-15(16)19(23)24)22-20(25)21-12-13-4-6-17(26-2)18(10-13)27-3/h4-7,10-11H,8-9,12H2,1-3H3,(H2,21,22,25). The molecule has 148 valence electrons. The maximum Gasteiger partial charge on any atom is 0.319 e. The van der Waals surface area contributed by atoms with Gasteiger partial charge in [-0.3, -0.25) is 4.79 Å². The summed E-state index contributed by atoms with van der Waals surface area (Å²) in [6.45, 7) is 1.26. The van der Waals surface area contributed by atoms with E-state index in [9.17, 15) is 9.59 Å². The minimum Gasteiger partial charge on any atom is -0.493 e. The van der Waals surface area contributed by atoms with Crippen molar-refractivity contribution in [2.24, 2.45) is 0 Å². The van der Waals surface area contributed by atoms with Gasteiger partial charge in [-0.2, -0.15) is 0 Å². The second kappa shape index (κ2) is 8.51. The molecule has 8 heteroatoms. The largest absolute Gasteiger partial charge is 0.493 e. The fraction of sp³-hybridized carbons (Fsp3) is 0.300. The highest BCUT2D eigenvalue weighted by molar-refractivity contribution is 5.99. The summed E-state index contributed by atoms with van der Waals surface area (Å²) in [6.07, 6.45) is 0. The lowest BCUT2D eigenvalue weighted by molar-refractivity contribution is 0.0796. The third-order valence-electron chi connectivity index (χ3n) is 4.40. The van der Waals surface area contributed by atoms with E-state index in [1.807, 2.05) is 6.07 Å². The molecule has 0 radical (unpaired) electrons. The number of amides is 3. The molecule has 0 spiro atoms. The van der Waals surface area contributed by atoms with Crippen molar-refractivity contribution in [3.8, 4) is 17.2 Å². The van der Waals surface area contributed by atoms with E-state index in [2.05, 4.69) is 10.6 Å². The Hall–Kier alpha value is -3.42. The number of hydrogen-bond donors (Lipinski definition) is 2. The first-order valence-corrected chi connectivity index (χ1v) is 8.80. The Bertz CT molecular complexity index is 884. The van der Waals surface area contributed by atoms with Gasteiger partial charge in [0.15, 0.2) is 11.5 Å². The van der Waals surface area contributed by atoms with Gasteiger partial charge in [0.05, 0.1) is 26.3 Å². The Labute approximate surface area is 163 Å². The lowest BCUT2D eigenvalue weighted by Crippen LogP contribution is -2.29. The highest BCUT2D eigenvalue weighted by Crippen LogP contribution is 2.28. The third kappa shape index (κ3) is 4.28. The number of nitrogens with zero attached hydrogens (tertiary/aromatic N) is 1. The van der Waals surface area contributed by atoms with E-state index in [-0.39, 0.29) is 11.9 Å². The van der Waals surface area contributed by atoms with Crippen LogP contribution < -0.4 is 24.8 Å². The van der Waals surface area contributed by atoms with Gasteiger partial charge in [0.1, 0.15) is 12.4 Å². The molecular formula is C20H23N3O5. The Morgan fingerprint density at radius 2 is 1.93 bits per heavy atom. The zero-order chi connectivity index (χ0) is 20.1. The predicted octanol–water partition coefficient (Wildman–Crippen LogP) is 2.49. The molecule has 3 amide bonds. The summed E-state index contributed by atoms with van der Waals surface area (Å²) in [5.74, 6) is 1.60. The molecule has 3 rings (SSSR count). The molecule has 0 aromatic heterocycles. The molecule has 8 nitrogen and oxygen atoms in total. The van der Waals surface area contributed by atoms with Gasteiger partial charge < -0.3 is 29.7 Å². The van der Waals surface area contributed by atoms with Crippen LogP contribution in [0.1, 0.15) is 15.9 Å². The summed E-state index contributed by atoms with van der Waals surface area (Å²) in [6, 6.07) is 10.1. The minimum absolute atomic E-state index is 0.137. The number of ether oxygens (including phenoxy) is 3. The number of anilines is 1. The SMILES string of the molecule is COc1ccc(CNC(=O)Nc2ccc3c(c2)C(=O)N(C)CCO3)cc1OC. The maximum atomic E-state index is 12.4. The molecule has 1 heterocycles. The monoisotopic (exact) mass is 385 g/mol. The molecule has 2 N–H and O–H groups in total. The molecule has 2 aromatic carbocycles. The van der Waals surface area contributed by atoms with Crippen molar-refractivity contribution in [3.63, 3.8) is 0 Å². The zero-order valence-corrected chi connectivity index (χ0v) is 16.1. The van der Waals surface area contributed by atoms with Crippen LogP contribution in [0.5, 0.6) is 17.2 Å². The number of carbonyl (C=O) groups is 2. The maximum absolute atomic E-state index is 12.4. The van der Waals surface area contributed by atoms with E-state index in [1.165, 1.54) is 0 Å². The number of carbonyl (C=O) groups excluding carboxylic acids is 2. The van der Waals surface area contributed by atoms with E-state index in [0.29, 0.717) is 48.2 Å². The Morgan fingerprint density at radius 3 is 2.68 bits per heavy atom. The predicted molar refractivity (Wildman–Crippen MR) is 104 cm³/mol. The number of likely N-dealkylation sites (N-methyl/N-ethyl adjacent to an activating group) is 1. The third-order valence-corrected chi connectivity index (χ3v) is 4.40. The van der Waals surface area contributed by atoms with Crippen molar-refractivity contribution in [1.82, 2.24) is 10.2 Å². The van der Waals surface area contributed by atoms with Gasteiger partial charge in [-0.05, 0) is 35.9 Å². The number of hydrogen-bond acceptors (Lipinski definition) is 5. The minimum atomic E-state index is -0.384. The van der Waals surface area contributed by atoms with E-state index < -0.39 is 0 Å². The summed E-state index contributed by atoms with van der Waals surface area (Å²) in [5, 5.41) is 5.51. The lowest BCUT2D eigenvalue weighted by atomic mass is 10.1. The molecule has 0 saturated heterocycles. The normalized spacial score (nSPS) is 13.1. The van der Waals surface area contributed by atoms with E-state index in [4.69, 9.17) is 14.2 Å². The molecule has 2 aromatic rings. The van der Waals surface area contributed by atoms with Gasteiger partial charge in [-0.25, -0.2) is 4.79 Å². The Morgan fingerprint density at radius 1 is 1.14 bits per heavy atom. The fourth-order valence-electron chi connectivity index (χ4n) is 2.85. The van der Waals surface area contributed by atoms with Gasteiger partial charge in [0.25, 0.3) is 5.91 Å². The summed E-state index contributed by atoms with van der Waals surface area (Å²) in [5.41, 5.74) is 1.80. The molecule has 0 unspecified atom stereocenters. The van der Waals surface area contributed by atoms with Crippen LogP contribution in [0.4, 0.5) is 10.5 Å². The van der Waals surface area contributed by atoms with Crippen molar-refractivity contribution >= 4 is 17.6 Å². The molecule has 0 bridgehead atoms. The molecule has 1 aliphatic rings. The first-order chi connectivity index (χ1) is 13.5. The molecule has 0 saturated carbocycles. The van der Waals surface area contributed by atoms with Crippen LogP contribution in [-0.2, 0) is 6.54 Å². The van der Waals surface area contributed by atoms with Gasteiger partial charge in [0.2, 0.25) is 0 Å². The topological polar surface area (TPSA) is 89.1 Å². The molecule has 0 fully saturated rings.